The van der Waals surface area contributed by atoms with Crippen LogP contribution in [0.25, 0.3) is 11.3 Å². The van der Waals surface area contributed by atoms with Crippen LogP contribution in [0.1, 0.15) is 5.56 Å². The third-order valence-corrected chi connectivity index (χ3v) is 4.84. The normalized spacial score (nSPS) is 11.1. The molecule has 0 fully saturated rings. The fourth-order valence-corrected chi connectivity index (χ4v) is 3.28. The first-order valence-electron chi connectivity index (χ1n) is 7.07. The molecule has 0 spiro atoms. The Bertz CT molecular complexity index is 1070. The summed E-state index contributed by atoms with van der Waals surface area (Å²) in [4.78, 5) is 2.70. The van der Waals surface area contributed by atoms with E-state index in [0.29, 0.717) is 5.69 Å². The van der Waals surface area contributed by atoms with Crippen molar-refractivity contribution in [3.63, 3.8) is 0 Å². The van der Waals surface area contributed by atoms with E-state index in [4.69, 9.17) is 5.26 Å². The second-order valence-corrected chi connectivity index (χ2v) is 6.80. The van der Waals surface area contributed by atoms with Gasteiger partial charge in [0.15, 0.2) is 11.6 Å². The maximum absolute atomic E-state index is 13.9. The summed E-state index contributed by atoms with van der Waals surface area (Å²) in [5.74, 6) is -2.83. The average Bonchev–Trinajstić information content (AvgIpc) is 3.11. The summed E-state index contributed by atoms with van der Waals surface area (Å²) in [6.07, 6.45) is 1.25. The number of rotatable bonds is 4. The number of nitrogens with zero attached hydrogens (tertiary/aromatic N) is 1. The molecule has 0 radical (unpaired) electrons. The number of benzene rings is 2. The van der Waals surface area contributed by atoms with Gasteiger partial charge in [0, 0.05) is 11.9 Å². The number of halogens is 2. The standard InChI is InChI=1S/C17H11F2N3O2S/c18-16-12(9-20)6-7-14(17(16)19)22-25(23,24)13-8-15(21-10-13)11-4-2-1-3-5-11/h1-8,10,21-22H. The zero-order chi connectivity index (χ0) is 18.0. The van der Waals surface area contributed by atoms with Crippen molar-refractivity contribution in [2.75, 3.05) is 4.72 Å². The molecule has 3 rings (SSSR count). The highest BCUT2D eigenvalue weighted by Crippen LogP contribution is 2.25. The topological polar surface area (TPSA) is 85.8 Å². The second kappa shape index (κ2) is 6.37. The molecule has 0 unspecified atom stereocenters. The van der Waals surface area contributed by atoms with Gasteiger partial charge in [-0.05, 0) is 23.8 Å². The molecule has 2 N–H and O–H groups in total. The third-order valence-electron chi connectivity index (χ3n) is 3.50. The summed E-state index contributed by atoms with van der Waals surface area (Å²) in [5.41, 5.74) is 0.263. The minimum Gasteiger partial charge on any atom is -0.360 e. The molecule has 1 heterocycles. The van der Waals surface area contributed by atoms with E-state index >= 15 is 0 Å². The minimum absolute atomic E-state index is 0.129. The van der Waals surface area contributed by atoms with E-state index < -0.39 is 32.9 Å². The number of hydrogen-bond donors (Lipinski definition) is 2. The lowest BCUT2D eigenvalue weighted by molar-refractivity contribution is 0.509. The number of nitriles is 1. The van der Waals surface area contributed by atoms with E-state index in [9.17, 15) is 17.2 Å². The third kappa shape index (κ3) is 3.22. The van der Waals surface area contributed by atoms with Gasteiger partial charge in [0.1, 0.15) is 11.0 Å². The van der Waals surface area contributed by atoms with Crippen LogP contribution in [0.4, 0.5) is 14.5 Å². The van der Waals surface area contributed by atoms with Crippen molar-refractivity contribution in [3.05, 3.63) is 71.9 Å². The van der Waals surface area contributed by atoms with Crippen molar-refractivity contribution < 1.29 is 17.2 Å². The molecular weight excluding hydrogens is 348 g/mol. The molecule has 126 valence electrons. The molecule has 0 aliphatic heterocycles. The Morgan fingerprint density at radius 3 is 2.44 bits per heavy atom. The Labute approximate surface area is 142 Å². The highest BCUT2D eigenvalue weighted by molar-refractivity contribution is 7.92. The first-order chi connectivity index (χ1) is 11.9. The molecule has 0 saturated carbocycles. The van der Waals surface area contributed by atoms with Crippen LogP contribution in [0.15, 0.2) is 59.6 Å². The summed E-state index contributed by atoms with van der Waals surface area (Å²) in [7, 11) is -4.13. The molecule has 0 atom stereocenters. The van der Waals surface area contributed by atoms with Gasteiger partial charge >= 0.3 is 0 Å². The van der Waals surface area contributed by atoms with Crippen molar-refractivity contribution in [2.24, 2.45) is 0 Å². The van der Waals surface area contributed by atoms with Crippen molar-refractivity contribution in [3.8, 4) is 17.3 Å². The molecule has 25 heavy (non-hydrogen) atoms. The lowest BCUT2D eigenvalue weighted by Gasteiger charge is -2.08. The number of hydrogen-bond acceptors (Lipinski definition) is 3. The molecule has 3 aromatic rings. The first kappa shape index (κ1) is 16.7. The van der Waals surface area contributed by atoms with Crippen LogP contribution in [0, 0.1) is 23.0 Å². The molecule has 1 aromatic heterocycles. The molecule has 5 nitrogen and oxygen atoms in total. The summed E-state index contributed by atoms with van der Waals surface area (Å²) < 4.78 is 54.3. The Kier molecular flexibility index (Phi) is 4.25. The van der Waals surface area contributed by atoms with Gasteiger partial charge in [-0.25, -0.2) is 17.2 Å². The Morgan fingerprint density at radius 2 is 1.76 bits per heavy atom. The van der Waals surface area contributed by atoms with Gasteiger partial charge in [-0.15, -0.1) is 0 Å². The predicted octanol–water partition coefficient (Wildman–Crippen LogP) is 3.63. The fourth-order valence-electron chi connectivity index (χ4n) is 2.23. The van der Waals surface area contributed by atoms with Crippen molar-refractivity contribution in [2.45, 2.75) is 4.90 Å². The number of sulfonamides is 1. The van der Waals surface area contributed by atoms with Crippen LogP contribution in [-0.4, -0.2) is 13.4 Å². The molecule has 0 amide bonds. The maximum Gasteiger partial charge on any atom is 0.263 e. The van der Waals surface area contributed by atoms with E-state index in [2.05, 4.69) is 4.98 Å². The summed E-state index contributed by atoms with van der Waals surface area (Å²) in [6.45, 7) is 0. The van der Waals surface area contributed by atoms with E-state index in [0.717, 1.165) is 17.7 Å². The predicted molar refractivity (Wildman–Crippen MR) is 88.1 cm³/mol. The number of H-pyrrole nitrogens is 1. The maximum atomic E-state index is 13.9. The molecule has 8 heteroatoms. The molecule has 0 aliphatic carbocycles. The Morgan fingerprint density at radius 1 is 1.04 bits per heavy atom. The smallest absolute Gasteiger partial charge is 0.263 e. The Balaban J connectivity index is 1.93. The van der Waals surface area contributed by atoms with Gasteiger partial charge in [0.2, 0.25) is 0 Å². The van der Waals surface area contributed by atoms with Gasteiger partial charge in [-0.3, -0.25) is 4.72 Å². The highest BCUT2D eigenvalue weighted by Gasteiger charge is 2.21. The van der Waals surface area contributed by atoms with E-state index in [-0.39, 0.29) is 4.90 Å². The van der Waals surface area contributed by atoms with Crippen molar-refractivity contribution >= 4 is 15.7 Å². The van der Waals surface area contributed by atoms with E-state index in [1.165, 1.54) is 18.3 Å². The van der Waals surface area contributed by atoms with Gasteiger partial charge in [0.25, 0.3) is 10.0 Å². The molecular formula is C17H11F2N3O2S. The number of aromatic amines is 1. The summed E-state index contributed by atoms with van der Waals surface area (Å²) in [6, 6.07) is 13.9. The SMILES string of the molecule is N#Cc1ccc(NS(=O)(=O)c2c[nH]c(-c3ccccc3)c2)c(F)c1F. The van der Waals surface area contributed by atoms with Gasteiger partial charge in [0.05, 0.1) is 11.3 Å². The average molecular weight is 359 g/mol. The lowest BCUT2D eigenvalue weighted by atomic mass is 10.2. The van der Waals surface area contributed by atoms with E-state index in [1.54, 1.807) is 24.3 Å². The molecule has 0 bridgehead atoms. The van der Waals surface area contributed by atoms with Crippen LogP contribution in [0.5, 0.6) is 0 Å². The lowest BCUT2D eigenvalue weighted by Crippen LogP contribution is -2.14. The minimum atomic E-state index is -4.13. The van der Waals surface area contributed by atoms with Gasteiger partial charge < -0.3 is 4.98 Å². The summed E-state index contributed by atoms with van der Waals surface area (Å²) >= 11 is 0. The number of aromatic nitrogens is 1. The quantitative estimate of drug-likeness (QED) is 0.746. The Hall–Kier alpha value is -3.18. The van der Waals surface area contributed by atoms with Crippen LogP contribution in [0.3, 0.4) is 0 Å². The molecule has 0 aliphatic rings. The van der Waals surface area contributed by atoms with Gasteiger partial charge in [-0.1, -0.05) is 30.3 Å². The largest absolute Gasteiger partial charge is 0.360 e. The zero-order valence-electron chi connectivity index (χ0n) is 12.6. The second-order valence-electron chi connectivity index (χ2n) is 5.12. The summed E-state index contributed by atoms with van der Waals surface area (Å²) in [5, 5.41) is 8.66. The monoisotopic (exact) mass is 359 g/mol. The molecule has 0 saturated heterocycles. The number of nitrogens with one attached hydrogen (secondary N) is 2. The van der Waals surface area contributed by atoms with Gasteiger partial charge in [-0.2, -0.15) is 5.26 Å². The van der Waals surface area contributed by atoms with Crippen LogP contribution in [-0.2, 0) is 10.0 Å². The van der Waals surface area contributed by atoms with E-state index in [1.807, 2.05) is 10.8 Å². The molecule has 2 aromatic carbocycles. The van der Waals surface area contributed by atoms with Crippen LogP contribution in [0.2, 0.25) is 0 Å². The van der Waals surface area contributed by atoms with Crippen LogP contribution < -0.4 is 4.72 Å². The van der Waals surface area contributed by atoms with Crippen molar-refractivity contribution in [1.82, 2.24) is 4.98 Å². The van der Waals surface area contributed by atoms with Crippen molar-refractivity contribution in [1.29, 1.82) is 5.26 Å². The van der Waals surface area contributed by atoms with Crippen LogP contribution >= 0.6 is 0 Å². The zero-order valence-corrected chi connectivity index (χ0v) is 13.4. The number of anilines is 1. The fraction of sp³-hybridized carbons (Fsp3) is 0. The highest BCUT2D eigenvalue weighted by atomic mass is 32.2. The first-order valence-corrected chi connectivity index (χ1v) is 8.55.